The molecule has 42 heavy (non-hydrogen) atoms. The number of unbranched alkanes of at least 4 members (excludes halogenated alkanes) is 8. The minimum absolute atomic E-state index is 0. The molecule has 0 fully saturated rings. The molecule has 0 amide bonds. The van der Waals surface area contributed by atoms with Crippen LogP contribution >= 0.6 is 31.3 Å². The molecule has 0 aromatic heterocycles. The number of fused-ring (bicyclic) bond motifs is 2. The van der Waals surface area contributed by atoms with Crippen molar-refractivity contribution in [2.45, 2.75) is 57.8 Å². The number of hydrogen-bond acceptors (Lipinski definition) is 7. The van der Waals surface area contributed by atoms with E-state index in [4.69, 9.17) is 0 Å². The average molecular weight is 642 g/mol. The Hall–Kier alpha value is 0.0100. The van der Waals surface area contributed by atoms with Gasteiger partial charge in [0.25, 0.3) is 0 Å². The zero-order valence-corrected chi connectivity index (χ0v) is 31.7. The molecule has 4 rings (SSSR count). The number of phosphoric ester groups is 1. The quantitative estimate of drug-likeness (QED) is 0.106. The van der Waals surface area contributed by atoms with Crippen molar-refractivity contribution in [2.75, 3.05) is 23.5 Å². The molecule has 0 unspecified atom stereocenters. The maximum atomic E-state index is 10.5. The van der Waals surface area contributed by atoms with Crippen LogP contribution in [-0.2, 0) is 9.09 Å². The summed E-state index contributed by atoms with van der Waals surface area (Å²) in [5, 5.41) is 0. The Morgan fingerprint density at radius 1 is 0.714 bits per heavy atom. The van der Waals surface area contributed by atoms with E-state index in [0.29, 0.717) is 6.42 Å². The second-order valence-electron chi connectivity index (χ2n) is 9.88. The van der Waals surface area contributed by atoms with Crippen molar-refractivity contribution in [3.8, 4) is 0 Å². The molecule has 0 aliphatic carbocycles. The van der Waals surface area contributed by atoms with Crippen LogP contribution in [0.4, 0.5) is 17.1 Å². The molecule has 0 radical (unpaired) electrons. The van der Waals surface area contributed by atoms with E-state index >= 15 is 0 Å². The summed E-state index contributed by atoms with van der Waals surface area (Å²) in [5.41, 5.74) is 7.52. The molecule has 5 nitrogen and oxygen atoms in total. The van der Waals surface area contributed by atoms with Crippen LogP contribution in [0.5, 0.6) is 0 Å². The first-order valence-corrected chi connectivity index (χ1v) is 17.8. The average Bonchev–Trinajstić information content (AvgIpc) is 2.96. The molecule has 3 aromatic rings. The number of nitrogens with zero attached hydrogens (tertiary/aromatic N) is 1. The van der Waals surface area contributed by atoms with Gasteiger partial charge in [0.1, 0.15) is 0 Å². The third-order valence-corrected chi connectivity index (χ3v) is 9.89. The van der Waals surface area contributed by atoms with Crippen molar-refractivity contribution in [1.82, 2.24) is 0 Å². The second kappa shape index (κ2) is 20.2. The van der Waals surface area contributed by atoms with Gasteiger partial charge < -0.3 is 23.8 Å². The number of thioether (sulfide) groups is 2. The third kappa shape index (κ3) is 11.4. The van der Waals surface area contributed by atoms with E-state index in [-0.39, 0.29) is 65.7 Å². The summed E-state index contributed by atoms with van der Waals surface area (Å²) in [6, 6.07) is 28.1. The van der Waals surface area contributed by atoms with Crippen molar-refractivity contribution in [3.05, 3.63) is 94.2 Å². The van der Waals surface area contributed by atoms with Gasteiger partial charge in [-0.2, -0.15) is 0 Å². The minimum Gasteiger partial charge on any atom is -0.790 e. The maximum absolute atomic E-state index is 10.5. The Morgan fingerprint density at radius 2 is 1.19 bits per heavy atom. The molecule has 0 spiro atoms. The molecule has 10 heteroatoms. The fourth-order valence-corrected chi connectivity index (χ4v) is 7.52. The Morgan fingerprint density at radius 3 is 1.71 bits per heavy atom. The van der Waals surface area contributed by atoms with Crippen molar-refractivity contribution in [3.63, 3.8) is 0 Å². The van der Waals surface area contributed by atoms with Crippen LogP contribution in [0.25, 0.3) is 5.57 Å². The molecule has 0 N–H and O–H groups in total. The Balaban J connectivity index is 0.00000308. The van der Waals surface area contributed by atoms with Crippen LogP contribution in [0.15, 0.2) is 83.1 Å². The SMILES string of the molecule is CSC(SCCCCCCCCCCCOP(=O)([O-])[O-])=C1c2ccccc2N(c2ccccc2)c2ccccc21.[Na+].[Na+]. The normalized spacial score (nSPS) is 12.2. The molecule has 1 aliphatic rings. The van der Waals surface area contributed by atoms with Gasteiger partial charge in [-0.05, 0) is 49.1 Å². The van der Waals surface area contributed by atoms with Gasteiger partial charge in [-0.15, -0.1) is 23.5 Å². The number of hydrogen-bond donors (Lipinski definition) is 0. The smallest absolute Gasteiger partial charge is 0.790 e. The van der Waals surface area contributed by atoms with Crippen LogP contribution in [0, 0.1) is 0 Å². The van der Waals surface area contributed by atoms with Crippen LogP contribution in [-0.4, -0.2) is 18.6 Å². The first-order valence-electron chi connectivity index (χ1n) is 14.1. The summed E-state index contributed by atoms with van der Waals surface area (Å²) in [6.07, 6.45) is 12.0. The maximum Gasteiger partial charge on any atom is 1.00 e. The van der Waals surface area contributed by atoms with E-state index in [2.05, 4.69) is 94.5 Å². The molecular weight excluding hydrogens is 603 g/mol. The number of anilines is 3. The van der Waals surface area contributed by atoms with Crippen LogP contribution < -0.4 is 73.8 Å². The van der Waals surface area contributed by atoms with Gasteiger partial charge in [0, 0.05) is 26.6 Å². The zero-order chi connectivity index (χ0) is 28.2. The predicted octanol–water partition coefficient (Wildman–Crippen LogP) is 2.65. The second-order valence-corrected chi connectivity index (χ2v) is 13.2. The molecular formula is C32H38NNa2O4PS2. The van der Waals surface area contributed by atoms with Gasteiger partial charge in [0.2, 0.25) is 0 Å². The monoisotopic (exact) mass is 641 g/mol. The molecule has 1 aliphatic heterocycles. The number of para-hydroxylation sites is 3. The van der Waals surface area contributed by atoms with Crippen LogP contribution in [0.3, 0.4) is 0 Å². The van der Waals surface area contributed by atoms with E-state index in [9.17, 15) is 14.4 Å². The van der Waals surface area contributed by atoms with Gasteiger partial charge in [0.15, 0.2) is 0 Å². The van der Waals surface area contributed by atoms with Gasteiger partial charge in [-0.3, -0.25) is 0 Å². The number of phosphoric acid groups is 1. The molecule has 214 valence electrons. The zero-order valence-electron chi connectivity index (χ0n) is 25.1. The topological polar surface area (TPSA) is 75.7 Å². The fraction of sp³-hybridized carbons (Fsp3) is 0.375. The molecule has 1 heterocycles. The van der Waals surface area contributed by atoms with Gasteiger partial charge in [-0.1, -0.05) is 99.5 Å². The molecule has 0 saturated heterocycles. The fourth-order valence-electron chi connectivity index (χ4n) is 5.13. The van der Waals surface area contributed by atoms with Gasteiger partial charge >= 0.3 is 59.1 Å². The van der Waals surface area contributed by atoms with Gasteiger partial charge in [0.05, 0.1) is 25.8 Å². The van der Waals surface area contributed by atoms with Gasteiger partial charge in [-0.25, -0.2) is 0 Å². The standard InChI is InChI=1S/C32H40NO4PS2.2Na/c1-39-32(40-25-17-8-6-4-2-3-5-7-16-24-37-38(34,35)36)31-27-20-12-14-22-29(27)33(26-18-10-9-11-19-26)30-23-15-13-21-28(30)31;;/h9-15,18-23H,2-8,16-17,24-25H2,1H3,(H2,34,35,36);;/q;2*+1/p-2. The van der Waals surface area contributed by atoms with E-state index in [1.807, 2.05) is 23.5 Å². The van der Waals surface area contributed by atoms with Crippen molar-refractivity contribution in [1.29, 1.82) is 0 Å². The van der Waals surface area contributed by atoms with Crippen LogP contribution in [0.2, 0.25) is 0 Å². The summed E-state index contributed by atoms with van der Waals surface area (Å²) < 4.78 is 16.1. The number of benzene rings is 3. The Bertz CT molecular complexity index is 1260. The predicted molar refractivity (Wildman–Crippen MR) is 168 cm³/mol. The minimum atomic E-state index is -4.81. The first-order chi connectivity index (χ1) is 19.5. The first kappa shape index (κ1) is 38.2. The summed E-state index contributed by atoms with van der Waals surface area (Å²) in [6.45, 7) is 0.0125. The van der Waals surface area contributed by atoms with Crippen molar-refractivity contribution in [2.24, 2.45) is 0 Å². The van der Waals surface area contributed by atoms with Crippen molar-refractivity contribution >= 4 is 54.0 Å². The van der Waals surface area contributed by atoms with E-state index in [1.165, 1.54) is 70.1 Å². The van der Waals surface area contributed by atoms with E-state index in [1.54, 1.807) is 0 Å². The Labute approximate surface area is 304 Å². The Kier molecular flexibility index (Phi) is 18.4. The summed E-state index contributed by atoms with van der Waals surface area (Å²) in [4.78, 5) is 23.3. The summed E-state index contributed by atoms with van der Waals surface area (Å²) >= 11 is 3.83. The van der Waals surface area contributed by atoms with Crippen molar-refractivity contribution < 1.29 is 78.0 Å². The largest absolute Gasteiger partial charge is 1.00 e. The number of rotatable bonds is 16. The summed E-state index contributed by atoms with van der Waals surface area (Å²) in [7, 11) is -4.81. The summed E-state index contributed by atoms with van der Waals surface area (Å²) in [5.74, 6) is 1.11. The molecule has 3 aromatic carbocycles. The third-order valence-electron chi connectivity index (χ3n) is 7.00. The van der Waals surface area contributed by atoms with E-state index in [0.717, 1.165) is 25.0 Å². The van der Waals surface area contributed by atoms with Crippen LogP contribution in [0.1, 0.15) is 68.9 Å². The van der Waals surface area contributed by atoms with E-state index < -0.39 is 7.82 Å². The molecule has 0 bridgehead atoms. The molecule has 0 saturated carbocycles. The molecule has 0 atom stereocenters.